The van der Waals surface area contributed by atoms with Crippen LogP contribution in [0.25, 0.3) is 10.8 Å². The standard InChI is InChI=1S/C21H19N3O4/c1-23-20(26)16-9-5-4-8-15(16)17(22-23)11-19(25)24-12-14-7-3-2-6-13(14)10-18(24)21(27)28/h2-9,18H,10-12H2,1H3,(H,27,28). The molecule has 1 aliphatic rings. The minimum atomic E-state index is -1.03. The molecule has 0 saturated heterocycles. The summed E-state index contributed by atoms with van der Waals surface area (Å²) in [5, 5.41) is 15.0. The lowest BCUT2D eigenvalue weighted by molar-refractivity contribution is -0.151. The van der Waals surface area contributed by atoms with Crippen molar-refractivity contribution in [2.75, 3.05) is 0 Å². The van der Waals surface area contributed by atoms with Crippen LogP contribution in [0.3, 0.4) is 0 Å². The number of fused-ring (bicyclic) bond motifs is 2. The number of carbonyl (C=O) groups is 2. The maximum Gasteiger partial charge on any atom is 0.326 e. The number of carbonyl (C=O) groups excluding carboxylic acids is 1. The van der Waals surface area contributed by atoms with E-state index < -0.39 is 12.0 Å². The zero-order valence-corrected chi connectivity index (χ0v) is 15.3. The Balaban J connectivity index is 1.70. The quantitative estimate of drug-likeness (QED) is 0.747. The van der Waals surface area contributed by atoms with Gasteiger partial charge in [-0.05, 0) is 17.2 Å². The largest absolute Gasteiger partial charge is 0.480 e. The Hall–Kier alpha value is -3.48. The van der Waals surface area contributed by atoms with Gasteiger partial charge in [0.1, 0.15) is 6.04 Å². The molecule has 1 aliphatic heterocycles. The number of aryl methyl sites for hydroxylation is 1. The number of amides is 1. The summed E-state index contributed by atoms with van der Waals surface area (Å²) in [5.74, 6) is -1.35. The Morgan fingerprint density at radius 1 is 1.07 bits per heavy atom. The Morgan fingerprint density at radius 3 is 2.43 bits per heavy atom. The van der Waals surface area contributed by atoms with Crippen LogP contribution in [0.5, 0.6) is 0 Å². The van der Waals surface area contributed by atoms with Crippen molar-refractivity contribution < 1.29 is 14.7 Å². The van der Waals surface area contributed by atoms with Gasteiger partial charge in [0.2, 0.25) is 5.91 Å². The van der Waals surface area contributed by atoms with Crippen LogP contribution < -0.4 is 5.56 Å². The molecule has 0 spiro atoms. The Labute approximate surface area is 160 Å². The number of rotatable bonds is 3. The average molecular weight is 377 g/mol. The van der Waals surface area contributed by atoms with Crippen LogP contribution in [0, 0.1) is 0 Å². The first-order valence-electron chi connectivity index (χ1n) is 8.99. The molecule has 1 N–H and O–H groups in total. The van der Waals surface area contributed by atoms with Gasteiger partial charge in [-0.1, -0.05) is 42.5 Å². The monoisotopic (exact) mass is 377 g/mol. The average Bonchev–Trinajstić information content (AvgIpc) is 2.70. The molecule has 2 aromatic carbocycles. The third-order valence-electron chi connectivity index (χ3n) is 5.21. The zero-order chi connectivity index (χ0) is 19.8. The van der Waals surface area contributed by atoms with Gasteiger partial charge in [-0.25, -0.2) is 9.48 Å². The van der Waals surface area contributed by atoms with Crippen molar-refractivity contribution >= 4 is 22.6 Å². The van der Waals surface area contributed by atoms with E-state index in [1.165, 1.54) is 9.58 Å². The second-order valence-electron chi connectivity index (χ2n) is 6.95. The number of carboxylic acid groups (broad SMARTS) is 1. The number of hydrogen-bond donors (Lipinski definition) is 1. The van der Waals surface area contributed by atoms with E-state index in [0.717, 1.165) is 11.1 Å². The fourth-order valence-electron chi connectivity index (χ4n) is 3.76. The lowest BCUT2D eigenvalue weighted by Crippen LogP contribution is -2.49. The number of nitrogens with zero attached hydrogens (tertiary/aromatic N) is 3. The van der Waals surface area contributed by atoms with Crippen LogP contribution in [0.2, 0.25) is 0 Å². The van der Waals surface area contributed by atoms with Crippen molar-refractivity contribution in [1.29, 1.82) is 0 Å². The van der Waals surface area contributed by atoms with E-state index in [0.29, 0.717) is 16.5 Å². The van der Waals surface area contributed by atoms with Gasteiger partial charge < -0.3 is 10.0 Å². The van der Waals surface area contributed by atoms with Gasteiger partial charge in [0, 0.05) is 25.4 Å². The highest BCUT2D eigenvalue weighted by Crippen LogP contribution is 2.25. The smallest absolute Gasteiger partial charge is 0.326 e. The molecular formula is C21H19N3O4. The molecule has 3 aromatic rings. The highest BCUT2D eigenvalue weighted by atomic mass is 16.4. The first-order valence-corrected chi connectivity index (χ1v) is 8.99. The van der Waals surface area contributed by atoms with Gasteiger partial charge in [-0.2, -0.15) is 5.10 Å². The van der Waals surface area contributed by atoms with Gasteiger partial charge >= 0.3 is 5.97 Å². The predicted octanol–water partition coefficient (Wildman–Crippen LogP) is 1.51. The van der Waals surface area contributed by atoms with E-state index in [1.807, 2.05) is 24.3 Å². The Kier molecular flexibility index (Phi) is 4.43. The van der Waals surface area contributed by atoms with E-state index in [-0.39, 0.29) is 30.9 Å². The minimum absolute atomic E-state index is 0.0689. The lowest BCUT2D eigenvalue weighted by Gasteiger charge is -2.34. The van der Waals surface area contributed by atoms with Crippen LogP contribution in [-0.4, -0.2) is 37.7 Å². The molecule has 1 atom stereocenters. The minimum Gasteiger partial charge on any atom is -0.480 e. The fourth-order valence-corrected chi connectivity index (χ4v) is 3.76. The number of carboxylic acids is 1. The normalized spacial score (nSPS) is 16.0. The molecule has 7 heteroatoms. The summed E-state index contributed by atoms with van der Waals surface area (Å²) in [7, 11) is 1.54. The second kappa shape index (κ2) is 6.92. The van der Waals surface area contributed by atoms with Gasteiger partial charge in [0.15, 0.2) is 0 Å². The molecule has 1 unspecified atom stereocenters. The van der Waals surface area contributed by atoms with Gasteiger partial charge in [0.05, 0.1) is 17.5 Å². The fraction of sp³-hybridized carbons (Fsp3) is 0.238. The molecular weight excluding hydrogens is 358 g/mol. The number of aromatic nitrogens is 2. The summed E-state index contributed by atoms with van der Waals surface area (Å²) in [4.78, 5) is 38.5. The molecule has 0 saturated carbocycles. The molecule has 0 aliphatic carbocycles. The first kappa shape index (κ1) is 17.9. The lowest BCUT2D eigenvalue weighted by atomic mass is 9.93. The van der Waals surface area contributed by atoms with Gasteiger partial charge in [0.25, 0.3) is 5.56 Å². The summed E-state index contributed by atoms with van der Waals surface area (Å²) in [6, 6.07) is 13.6. The third kappa shape index (κ3) is 3.05. The molecule has 0 fully saturated rings. The third-order valence-corrected chi connectivity index (χ3v) is 5.21. The van der Waals surface area contributed by atoms with E-state index in [2.05, 4.69) is 5.10 Å². The van der Waals surface area contributed by atoms with E-state index >= 15 is 0 Å². The topological polar surface area (TPSA) is 92.5 Å². The number of aliphatic carboxylic acids is 1. The number of hydrogen-bond acceptors (Lipinski definition) is 4. The van der Waals surface area contributed by atoms with Crippen molar-refractivity contribution in [2.24, 2.45) is 7.05 Å². The van der Waals surface area contributed by atoms with Crippen LogP contribution in [0.15, 0.2) is 53.3 Å². The molecule has 1 amide bonds. The Bertz CT molecular complexity index is 1150. The van der Waals surface area contributed by atoms with Crippen molar-refractivity contribution in [3.63, 3.8) is 0 Å². The highest BCUT2D eigenvalue weighted by molar-refractivity contribution is 5.90. The molecule has 7 nitrogen and oxygen atoms in total. The zero-order valence-electron chi connectivity index (χ0n) is 15.3. The summed E-state index contributed by atoms with van der Waals surface area (Å²) in [5.41, 5.74) is 2.13. The first-order chi connectivity index (χ1) is 13.5. The van der Waals surface area contributed by atoms with Crippen molar-refractivity contribution in [3.05, 3.63) is 75.7 Å². The molecule has 4 rings (SSSR count). The summed E-state index contributed by atoms with van der Waals surface area (Å²) < 4.78 is 1.21. The summed E-state index contributed by atoms with van der Waals surface area (Å²) >= 11 is 0. The maximum atomic E-state index is 13.1. The van der Waals surface area contributed by atoms with E-state index in [9.17, 15) is 19.5 Å². The highest BCUT2D eigenvalue weighted by Gasteiger charge is 2.34. The molecule has 142 valence electrons. The van der Waals surface area contributed by atoms with Crippen molar-refractivity contribution in [2.45, 2.75) is 25.4 Å². The summed E-state index contributed by atoms with van der Waals surface area (Å²) in [6.45, 7) is 0.246. The SMILES string of the molecule is Cn1nc(CC(=O)N2Cc3ccccc3CC2C(=O)O)c2ccccc2c1=O. The van der Waals surface area contributed by atoms with E-state index in [4.69, 9.17) is 0 Å². The van der Waals surface area contributed by atoms with Crippen molar-refractivity contribution in [3.8, 4) is 0 Å². The van der Waals surface area contributed by atoms with E-state index in [1.54, 1.807) is 31.3 Å². The molecule has 1 aromatic heterocycles. The maximum absolute atomic E-state index is 13.1. The van der Waals surface area contributed by atoms with Crippen LogP contribution >= 0.6 is 0 Å². The van der Waals surface area contributed by atoms with Crippen LogP contribution in [0.4, 0.5) is 0 Å². The predicted molar refractivity (Wildman–Crippen MR) is 103 cm³/mol. The molecule has 0 radical (unpaired) electrons. The second-order valence-corrected chi connectivity index (χ2v) is 6.95. The van der Waals surface area contributed by atoms with Gasteiger partial charge in [-0.3, -0.25) is 9.59 Å². The number of benzene rings is 2. The molecule has 2 heterocycles. The molecule has 28 heavy (non-hydrogen) atoms. The Morgan fingerprint density at radius 2 is 1.71 bits per heavy atom. The van der Waals surface area contributed by atoms with Crippen molar-refractivity contribution in [1.82, 2.24) is 14.7 Å². The van der Waals surface area contributed by atoms with Gasteiger partial charge in [-0.15, -0.1) is 0 Å². The summed E-state index contributed by atoms with van der Waals surface area (Å²) in [6.07, 6.45) is 0.208. The van der Waals surface area contributed by atoms with Crippen LogP contribution in [-0.2, 0) is 36.0 Å². The van der Waals surface area contributed by atoms with Crippen LogP contribution in [0.1, 0.15) is 16.8 Å². The molecule has 0 bridgehead atoms.